The fraction of sp³-hybridized carbons (Fsp3) is 0.929. The van der Waals surface area contributed by atoms with Crippen LogP contribution in [0.2, 0.25) is 0 Å². The highest BCUT2D eigenvalue weighted by Gasteiger charge is 2.36. The second-order valence-electron chi connectivity index (χ2n) is 5.54. The van der Waals surface area contributed by atoms with Gasteiger partial charge in [-0.25, -0.2) is 9.78 Å². The fourth-order valence-corrected chi connectivity index (χ4v) is 2.84. The lowest BCUT2D eigenvalue weighted by atomic mass is 9.91. The van der Waals surface area contributed by atoms with E-state index in [1.54, 1.807) is 0 Å². The lowest BCUT2D eigenvalue weighted by molar-refractivity contribution is -0.394. The molecule has 2 aliphatic carbocycles. The van der Waals surface area contributed by atoms with Gasteiger partial charge in [0.15, 0.2) is 5.72 Å². The average Bonchev–Trinajstić information content (AvgIpc) is 2.91. The van der Waals surface area contributed by atoms with Crippen molar-refractivity contribution in [3.05, 3.63) is 0 Å². The molecule has 0 heterocycles. The molecule has 0 bridgehead atoms. The minimum Gasteiger partial charge on any atom is -0.326 e. The van der Waals surface area contributed by atoms with Crippen molar-refractivity contribution in [1.29, 1.82) is 0 Å². The third-order valence-electron chi connectivity index (χ3n) is 4.00. The van der Waals surface area contributed by atoms with E-state index in [1.165, 1.54) is 19.3 Å². The molecule has 2 fully saturated rings. The Morgan fingerprint density at radius 2 is 1.83 bits per heavy atom. The Morgan fingerprint density at radius 3 is 2.44 bits per heavy atom. The summed E-state index contributed by atoms with van der Waals surface area (Å²) in [6.07, 6.45) is 10.5. The van der Waals surface area contributed by atoms with E-state index in [0.29, 0.717) is 6.42 Å². The monoisotopic (exact) mass is 255 g/mol. The number of carbonyl (C=O) groups is 1. The Hall–Kier alpha value is -0.610. The van der Waals surface area contributed by atoms with Crippen molar-refractivity contribution < 1.29 is 14.6 Å². The molecule has 0 unspecified atom stereocenters. The molecule has 0 aromatic heterocycles. The minimum atomic E-state index is -0.562. The van der Waals surface area contributed by atoms with Gasteiger partial charge in [0.2, 0.25) is 5.91 Å². The summed E-state index contributed by atoms with van der Waals surface area (Å²) in [5.41, 5.74) is -0.562. The highest BCUT2D eigenvalue weighted by atomic mass is 17.2. The molecule has 4 heteroatoms. The maximum atomic E-state index is 11.6. The molecule has 0 spiro atoms. The van der Waals surface area contributed by atoms with Crippen LogP contribution in [0.1, 0.15) is 71.1 Å². The molecule has 18 heavy (non-hydrogen) atoms. The van der Waals surface area contributed by atoms with Crippen LogP contribution < -0.4 is 5.32 Å². The Bertz CT molecular complexity index is 268. The summed E-state index contributed by atoms with van der Waals surface area (Å²) >= 11 is 0. The average molecular weight is 255 g/mol. The molecule has 1 amide bonds. The van der Waals surface area contributed by atoms with E-state index < -0.39 is 5.72 Å². The van der Waals surface area contributed by atoms with Crippen LogP contribution in [0.5, 0.6) is 0 Å². The van der Waals surface area contributed by atoms with E-state index in [9.17, 15) is 4.79 Å². The number of carbonyl (C=O) groups excluding carboxylic acids is 1. The van der Waals surface area contributed by atoms with Crippen LogP contribution >= 0.6 is 0 Å². The van der Waals surface area contributed by atoms with Crippen LogP contribution in [0.4, 0.5) is 0 Å². The largest absolute Gasteiger partial charge is 0.326 e. The van der Waals surface area contributed by atoms with Gasteiger partial charge in [0.1, 0.15) is 0 Å². The van der Waals surface area contributed by atoms with Crippen LogP contribution in [0.3, 0.4) is 0 Å². The number of hydrogen-bond acceptors (Lipinski definition) is 3. The van der Waals surface area contributed by atoms with Gasteiger partial charge >= 0.3 is 0 Å². The van der Waals surface area contributed by atoms with Gasteiger partial charge in [0.25, 0.3) is 0 Å². The fourth-order valence-electron chi connectivity index (χ4n) is 2.84. The second-order valence-corrected chi connectivity index (χ2v) is 5.54. The molecule has 0 aromatic carbocycles. The molecule has 0 aliphatic heterocycles. The highest BCUT2D eigenvalue weighted by molar-refractivity contribution is 5.76. The lowest BCUT2D eigenvalue weighted by Crippen LogP contribution is -2.52. The van der Waals surface area contributed by atoms with Gasteiger partial charge in [-0.2, -0.15) is 0 Å². The van der Waals surface area contributed by atoms with Gasteiger partial charge in [-0.3, -0.25) is 4.79 Å². The predicted molar refractivity (Wildman–Crippen MR) is 68.7 cm³/mol. The Morgan fingerprint density at radius 1 is 1.17 bits per heavy atom. The zero-order chi connectivity index (χ0) is 12.8. The van der Waals surface area contributed by atoms with E-state index in [4.69, 9.17) is 9.78 Å². The van der Waals surface area contributed by atoms with E-state index >= 15 is 0 Å². The predicted octanol–water partition coefficient (Wildman–Crippen LogP) is 3.06. The van der Waals surface area contributed by atoms with Crippen molar-refractivity contribution in [3.63, 3.8) is 0 Å². The van der Waals surface area contributed by atoms with Gasteiger partial charge in [0.05, 0.1) is 6.10 Å². The third-order valence-corrected chi connectivity index (χ3v) is 4.00. The van der Waals surface area contributed by atoms with E-state index in [2.05, 4.69) is 5.32 Å². The van der Waals surface area contributed by atoms with Gasteiger partial charge in [-0.15, -0.1) is 0 Å². The maximum absolute atomic E-state index is 11.6. The first-order valence-corrected chi connectivity index (χ1v) is 7.39. The molecule has 0 atom stereocenters. The van der Waals surface area contributed by atoms with Crippen molar-refractivity contribution >= 4 is 5.91 Å². The van der Waals surface area contributed by atoms with Crippen molar-refractivity contribution in [1.82, 2.24) is 5.32 Å². The van der Waals surface area contributed by atoms with Crippen molar-refractivity contribution in [2.24, 2.45) is 0 Å². The second kappa shape index (κ2) is 6.53. The van der Waals surface area contributed by atoms with Gasteiger partial charge in [-0.05, 0) is 38.5 Å². The minimum absolute atomic E-state index is 0.0481. The number of hydrogen-bond donors (Lipinski definition) is 1. The van der Waals surface area contributed by atoms with E-state index in [-0.39, 0.29) is 12.0 Å². The number of rotatable bonds is 5. The Balaban J connectivity index is 1.88. The van der Waals surface area contributed by atoms with Crippen LogP contribution in [-0.4, -0.2) is 17.7 Å². The van der Waals surface area contributed by atoms with Crippen molar-refractivity contribution in [2.45, 2.75) is 83.0 Å². The molecular formula is C14H25NO3. The first-order valence-electron chi connectivity index (χ1n) is 7.39. The van der Waals surface area contributed by atoms with E-state index in [0.717, 1.165) is 38.5 Å². The van der Waals surface area contributed by atoms with Crippen molar-refractivity contribution in [3.8, 4) is 0 Å². The number of amides is 1. The zero-order valence-corrected chi connectivity index (χ0v) is 11.4. The molecule has 0 radical (unpaired) electrons. The lowest BCUT2D eigenvalue weighted by Gasteiger charge is -2.36. The van der Waals surface area contributed by atoms with Crippen molar-refractivity contribution in [2.75, 3.05) is 0 Å². The summed E-state index contributed by atoms with van der Waals surface area (Å²) in [5, 5.41) is 3.02. The SMILES string of the molecule is CCC(=O)NC1(OOC2CCCC2)CCCCC1. The molecule has 0 aromatic rings. The molecule has 2 aliphatic rings. The number of nitrogens with one attached hydrogen (secondary N) is 1. The first-order chi connectivity index (χ1) is 8.74. The smallest absolute Gasteiger partial charge is 0.221 e. The first kappa shape index (κ1) is 13.8. The molecule has 2 saturated carbocycles. The van der Waals surface area contributed by atoms with Gasteiger partial charge in [-0.1, -0.05) is 26.2 Å². The molecule has 104 valence electrons. The normalized spacial score (nSPS) is 24.1. The van der Waals surface area contributed by atoms with Crippen LogP contribution in [0.25, 0.3) is 0 Å². The quantitative estimate of drug-likeness (QED) is 0.466. The third kappa shape index (κ3) is 3.69. The summed E-state index contributed by atoms with van der Waals surface area (Å²) in [6.45, 7) is 1.86. The summed E-state index contributed by atoms with van der Waals surface area (Å²) in [7, 11) is 0. The van der Waals surface area contributed by atoms with E-state index in [1.807, 2.05) is 6.92 Å². The Kier molecular flexibility index (Phi) is 5.01. The van der Waals surface area contributed by atoms with Crippen LogP contribution in [-0.2, 0) is 14.6 Å². The van der Waals surface area contributed by atoms with Gasteiger partial charge < -0.3 is 5.32 Å². The molecule has 1 N–H and O–H groups in total. The summed E-state index contributed by atoms with van der Waals surface area (Å²) in [6, 6.07) is 0. The summed E-state index contributed by atoms with van der Waals surface area (Å²) in [5.74, 6) is 0.0481. The van der Waals surface area contributed by atoms with Gasteiger partial charge in [0, 0.05) is 6.42 Å². The summed E-state index contributed by atoms with van der Waals surface area (Å²) in [4.78, 5) is 22.9. The van der Waals surface area contributed by atoms with Crippen LogP contribution in [0, 0.1) is 0 Å². The standard InChI is InChI=1S/C14H25NO3/c1-2-13(16)15-14(10-6-3-7-11-14)18-17-12-8-4-5-9-12/h12H,2-11H2,1H3,(H,15,16). The maximum Gasteiger partial charge on any atom is 0.221 e. The Labute approximate surface area is 109 Å². The molecule has 4 nitrogen and oxygen atoms in total. The summed E-state index contributed by atoms with van der Waals surface area (Å²) < 4.78 is 0. The van der Waals surface area contributed by atoms with Crippen LogP contribution in [0.15, 0.2) is 0 Å². The zero-order valence-electron chi connectivity index (χ0n) is 11.4. The highest BCUT2D eigenvalue weighted by Crippen LogP contribution is 2.31. The molecule has 2 rings (SSSR count). The molecular weight excluding hydrogens is 230 g/mol. The topological polar surface area (TPSA) is 47.6 Å². The molecule has 0 saturated heterocycles.